The number of aromatic nitrogens is 1. The van der Waals surface area contributed by atoms with Crippen LogP contribution in [0.5, 0.6) is 0 Å². The highest BCUT2D eigenvalue weighted by atomic mass is 35.5. The van der Waals surface area contributed by atoms with E-state index in [1.165, 1.54) is 0 Å². The zero-order valence-electron chi connectivity index (χ0n) is 8.40. The van der Waals surface area contributed by atoms with Gasteiger partial charge in [0.05, 0.1) is 0 Å². The van der Waals surface area contributed by atoms with Crippen LogP contribution >= 0.6 is 35.5 Å². The molecule has 0 aliphatic carbocycles. The lowest BCUT2D eigenvalue weighted by molar-refractivity contribution is 1.16. The number of anilines is 1. The van der Waals surface area contributed by atoms with Crippen molar-refractivity contribution >= 4 is 46.3 Å². The summed E-state index contributed by atoms with van der Waals surface area (Å²) in [6, 6.07) is 0. The lowest BCUT2D eigenvalue weighted by Crippen LogP contribution is -1.91. The highest BCUT2D eigenvalue weighted by Crippen LogP contribution is 2.23. The molecule has 0 bridgehead atoms. The summed E-state index contributed by atoms with van der Waals surface area (Å²) in [5.74, 6) is 1.05. The van der Waals surface area contributed by atoms with Crippen LogP contribution < -0.4 is 5.43 Å². The third-order valence-electron chi connectivity index (χ3n) is 1.15. The monoisotopic (exact) mass is 251 g/mol. The van der Waals surface area contributed by atoms with Gasteiger partial charge in [0.25, 0.3) is 0 Å². The third-order valence-corrected chi connectivity index (χ3v) is 2.84. The van der Waals surface area contributed by atoms with Crippen LogP contribution in [0.1, 0.15) is 20.8 Å². The van der Waals surface area contributed by atoms with Gasteiger partial charge in [-0.15, -0.1) is 35.5 Å². The molecule has 0 atom stereocenters. The lowest BCUT2D eigenvalue weighted by atomic mass is 10.5. The summed E-state index contributed by atoms with van der Waals surface area (Å²) in [7, 11) is 0. The van der Waals surface area contributed by atoms with E-state index in [1.54, 1.807) is 23.1 Å². The number of halogens is 1. The predicted octanol–water partition coefficient (Wildman–Crippen LogP) is 3.48. The van der Waals surface area contributed by atoms with E-state index in [9.17, 15) is 0 Å². The zero-order valence-corrected chi connectivity index (χ0v) is 10.9. The largest absolute Gasteiger partial charge is 0.253 e. The first-order chi connectivity index (χ1) is 6.22. The van der Waals surface area contributed by atoms with Gasteiger partial charge in [-0.2, -0.15) is 5.10 Å². The molecule has 1 heterocycles. The summed E-state index contributed by atoms with van der Waals surface area (Å²) in [5.41, 5.74) is 3.90. The van der Waals surface area contributed by atoms with Gasteiger partial charge >= 0.3 is 0 Å². The van der Waals surface area contributed by atoms with Crippen LogP contribution in [0.2, 0.25) is 0 Å². The van der Waals surface area contributed by atoms with Crippen molar-refractivity contribution in [3.63, 3.8) is 0 Å². The van der Waals surface area contributed by atoms with Crippen molar-refractivity contribution in [1.82, 2.24) is 4.98 Å². The Labute approximate surface area is 98.8 Å². The first kappa shape index (κ1) is 13.7. The maximum Gasteiger partial charge on any atom is 0.204 e. The van der Waals surface area contributed by atoms with Crippen molar-refractivity contribution in [3.05, 3.63) is 5.38 Å². The Morgan fingerprint density at radius 2 is 2.36 bits per heavy atom. The number of hydrogen-bond acceptors (Lipinski definition) is 5. The molecule has 0 aliphatic rings. The van der Waals surface area contributed by atoms with Gasteiger partial charge in [0.15, 0.2) is 0 Å². The second kappa shape index (κ2) is 7.09. The van der Waals surface area contributed by atoms with Gasteiger partial charge in [-0.1, -0.05) is 6.92 Å². The molecule has 0 radical (unpaired) electrons. The molecular weight excluding hydrogens is 238 g/mol. The van der Waals surface area contributed by atoms with Crippen molar-refractivity contribution < 1.29 is 0 Å². The van der Waals surface area contributed by atoms with Gasteiger partial charge < -0.3 is 0 Å². The zero-order chi connectivity index (χ0) is 9.68. The molecule has 0 aromatic carbocycles. The van der Waals surface area contributed by atoms with Gasteiger partial charge in [-0.05, 0) is 19.6 Å². The van der Waals surface area contributed by atoms with Gasteiger partial charge in [0.1, 0.15) is 5.03 Å². The normalized spacial score (nSPS) is 9.07. The molecule has 14 heavy (non-hydrogen) atoms. The Kier molecular flexibility index (Phi) is 6.96. The molecule has 3 nitrogen and oxygen atoms in total. The minimum absolute atomic E-state index is 0. The van der Waals surface area contributed by atoms with Crippen molar-refractivity contribution in [2.75, 3.05) is 11.2 Å². The highest BCUT2D eigenvalue weighted by Gasteiger charge is 1.99. The van der Waals surface area contributed by atoms with Crippen LogP contribution in [0.25, 0.3) is 0 Å². The van der Waals surface area contributed by atoms with Gasteiger partial charge in [0.2, 0.25) is 5.13 Å². The topological polar surface area (TPSA) is 37.3 Å². The van der Waals surface area contributed by atoms with E-state index in [-0.39, 0.29) is 12.4 Å². The number of nitrogens with one attached hydrogen (secondary N) is 1. The van der Waals surface area contributed by atoms with E-state index in [1.807, 2.05) is 19.2 Å². The third kappa shape index (κ3) is 4.83. The molecular formula is C8H14ClN3S2. The molecule has 0 aliphatic heterocycles. The number of thiazole rings is 1. The SMILES string of the molecule is CCSc1csc(NN=C(C)C)n1.Cl. The highest BCUT2D eigenvalue weighted by molar-refractivity contribution is 7.99. The fourth-order valence-electron chi connectivity index (χ4n) is 0.684. The van der Waals surface area contributed by atoms with Crippen LogP contribution in [0.15, 0.2) is 15.5 Å². The first-order valence-corrected chi connectivity index (χ1v) is 5.94. The quantitative estimate of drug-likeness (QED) is 0.506. The number of thioether (sulfide) groups is 1. The van der Waals surface area contributed by atoms with Gasteiger partial charge in [-0.25, -0.2) is 4.98 Å². The molecule has 0 fully saturated rings. The second-order valence-corrected chi connectivity index (χ2v) is 4.74. The maximum atomic E-state index is 4.34. The number of hydrogen-bond donors (Lipinski definition) is 1. The molecule has 1 N–H and O–H groups in total. The summed E-state index contributed by atoms with van der Waals surface area (Å²) in [5, 5.41) is 8.04. The molecule has 0 saturated carbocycles. The van der Waals surface area contributed by atoms with Crippen molar-refractivity contribution in [3.8, 4) is 0 Å². The van der Waals surface area contributed by atoms with E-state index in [4.69, 9.17) is 0 Å². The molecule has 80 valence electrons. The number of nitrogens with zero attached hydrogens (tertiary/aromatic N) is 2. The maximum absolute atomic E-state index is 4.34. The van der Waals surface area contributed by atoms with Crippen LogP contribution in [-0.4, -0.2) is 16.4 Å². The second-order valence-electron chi connectivity index (χ2n) is 2.59. The number of rotatable bonds is 4. The summed E-state index contributed by atoms with van der Waals surface area (Å²) < 4.78 is 0. The fraction of sp³-hybridized carbons (Fsp3) is 0.500. The van der Waals surface area contributed by atoms with Crippen molar-refractivity contribution in [1.29, 1.82) is 0 Å². The molecule has 0 spiro atoms. The lowest BCUT2D eigenvalue weighted by Gasteiger charge is -1.93. The average Bonchev–Trinajstić information content (AvgIpc) is 2.50. The van der Waals surface area contributed by atoms with Gasteiger partial charge in [0, 0.05) is 11.1 Å². The van der Waals surface area contributed by atoms with E-state index < -0.39 is 0 Å². The Morgan fingerprint density at radius 1 is 1.64 bits per heavy atom. The minimum atomic E-state index is 0. The molecule has 0 amide bonds. The fourth-order valence-corrected chi connectivity index (χ4v) is 2.12. The van der Waals surface area contributed by atoms with E-state index in [0.717, 1.165) is 21.6 Å². The Hall–Kier alpha value is -0.260. The smallest absolute Gasteiger partial charge is 0.204 e. The molecule has 6 heteroatoms. The summed E-state index contributed by atoms with van der Waals surface area (Å²) in [6.07, 6.45) is 0. The Bertz CT molecular complexity index is 295. The summed E-state index contributed by atoms with van der Waals surface area (Å²) >= 11 is 3.32. The van der Waals surface area contributed by atoms with E-state index in [2.05, 4.69) is 22.4 Å². The van der Waals surface area contributed by atoms with E-state index in [0.29, 0.717) is 0 Å². The molecule has 1 rings (SSSR count). The number of hydrazone groups is 1. The van der Waals surface area contributed by atoms with Crippen molar-refractivity contribution in [2.45, 2.75) is 25.8 Å². The molecule has 1 aromatic rings. The van der Waals surface area contributed by atoms with Crippen LogP contribution in [0.3, 0.4) is 0 Å². The van der Waals surface area contributed by atoms with Crippen molar-refractivity contribution in [2.24, 2.45) is 5.10 Å². The van der Waals surface area contributed by atoms with E-state index >= 15 is 0 Å². The van der Waals surface area contributed by atoms with Crippen LogP contribution in [0, 0.1) is 0 Å². The molecule has 0 unspecified atom stereocenters. The molecule has 0 saturated heterocycles. The summed E-state index contributed by atoms with van der Waals surface area (Å²) in [4.78, 5) is 4.34. The predicted molar refractivity (Wildman–Crippen MR) is 68.2 cm³/mol. The van der Waals surface area contributed by atoms with Crippen LogP contribution in [0.4, 0.5) is 5.13 Å². The Balaban J connectivity index is 0.00000169. The Morgan fingerprint density at radius 3 is 2.93 bits per heavy atom. The van der Waals surface area contributed by atoms with Gasteiger partial charge in [-0.3, -0.25) is 5.43 Å². The minimum Gasteiger partial charge on any atom is -0.253 e. The average molecular weight is 252 g/mol. The summed E-state index contributed by atoms with van der Waals surface area (Å²) in [6.45, 7) is 6.01. The first-order valence-electron chi connectivity index (χ1n) is 4.07. The van der Waals surface area contributed by atoms with Crippen LogP contribution in [-0.2, 0) is 0 Å². The molecule has 1 aromatic heterocycles. The standard InChI is InChI=1S/C8H13N3S2.ClH/c1-4-12-7-5-13-8(9-7)11-10-6(2)3;/h5H,4H2,1-3H3,(H,9,11);1H.